The molecule has 25 heavy (non-hydrogen) atoms. The highest BCUT2D eigenvalue weighted by molar-refractivity contribution is 6.30. The maximum Gasteiger partial charge on any atom is 0.314 e. The van der Waals surface area contributed by atoms with E-state index in [-0.39, 0.29) is 17.8 Å². The molecule has 1 N–H and O–H groups in total. The van der Waals surface area contributed by atoms with E-state index < -0.39 is 0 Å². The summed E-state index contributed by atoms with van der Waals surface area (Å²) in [4.78, 5) is 23.8. The van der Waals surface area contributed by atoms with Gasteiger partial charge in [0.05, 0.1) is 5.92 Å². The zero-order valence-corrected chi connectivity index (χ0v) is 14.8. The lowest BCUT2D eigenvalue weighted by Crippen LogP contribution is -2.25. The van der Waals surface area contributed by atoms with E-state index in [4.69, 9.17) is 16.3 Å². The lowest BCUT2D eigenvalue weighted by Gasteiger charge is -2.07. The Bertz CT molecular complexity index is 756. The van der Waals surface area contributed by atoms with Crippen molar-refractivity contribution < 1.29 is 14.3 Å². The number of hydrogen-bond donors (Lipinski definition) is 1. The number of carbonyl (C=O) groups is 2. The third kappa shape index (κ3) is 4.83. The Morgan fingerprint density at radius 1 is 1.12 bits per heavy atom. The van der Waals surface area contributed by atoms with Crippen LogP contribution in [0.2, 0.25) is 5.02 Å². The normalized spacial score (nSPS) is 18.5. The fraction of sp³-hybridized carbons (Fsp3) is 0.300. The number of esters is 1. The number of halogens is 1. The zero-order chi connectivity index (χ0) is 17.8. The van der Waals surface area contributed by atoms with Crippen LogP contribution in [0.3, 0.4) is 0 Å². The second-order valence-electron chi connectivity index (χ2n) is 6.40. The van der Waals surface area contributed by atoms with Gasteiger partial charge in [-0.25, -0.2) is 0 Å². The molecule has 2 atom stereocenters. The van der Waals surface area contributed by atoms with Gasteiger partial charge in [0.25, 0.3) is 5.91 Å². The largest absolute Gasteiger partial charge is 0.426 e. The van der Waals surface area contributed by atoms with Gasteiger partial charge in [-0.15, -0.1) is 0 Å². The molecule has 2 aromatic rings. The predicted octanol–water partition coefficient (Wildman–Crippen LogP) is 3.87. The second-order valence-corrected chi connectivity index (χ2v) is 6.83. The third-order valence-electron chi connectivity index (χ3n) is 4.36. The van der Waals surface area contributed by atoms with Gasteiger partial charge in [0.2, 0.25) is 0 Å². The van der Waals surface area contributed by atoms with Crippen LogP contribution >= 0.6 is 11.6 Å². The molecule has 130 valence electrons. The van der Waals surface area contributed by atoms with Crippen LogP contribution in [0.5, 0.6) is 5.75 Å². The summed E-state index contributed by atoms with van der Waals surface area (Å²) in [5.41, 5.74) is 1.65. The molecule has 0 heterocycles. The summed E-state index contributed by atoms with van der Waals surface area (Å²) in [7, 11) is 0. The van der Waals surface area contributed by atoms with Gasteiger partial charge in [-0.2, -0.15) is 0 Å². The molecule has 1 amide bonds. The number of nitrogens with one attached hydrogen (secondary N) is 1. The summed E-state index contributed by atoms with van der Waals surface area (Å²) in [5.74, 6) is 0.799. The van der Waals surface area contributed by atoms with Gasteiger partial charge in [-0.1, -0.05) is 30.7 Å². The van der Waals surface area contributed by atoms with Crippen LogP contribution in [-0.2, 0) is 11.2 Å². The zero-order valence-electron chi connectivity index (χ0n) is 14.0. The SMILES string of the molecule is C[C@@H]1C[C@@H]1C(=O)Oc1ccc(CCNC(=O)c2ccc(Cl)cc2)cc1. The first-order valence-corrected chi connectivity index (χ1v) is 8.75. The second kappa shape index (κ2) is 7.70. The summed E-state index contributed by atoms with van der Waals surface area (Å²) < 4.78 is 5.35. The molecule has 0 bridgehead atoms. The van der Waals surface area contributed by atoms with E-state index in [0.717, 1.165) is 12.0 Å². The standard InChI is InChI=1S/C20H20ClNO3/c1-13-12-18(13)20(24)25-17-8-2-14(3-9-17)10-11-22-19(23)15-4-6-16(21)7-5-15/h2-9,13,18H,10-12H2,1H3,(H,22,23)/t13-,18+/m1/s1. The first kappa shape index (κ1) is 17.5. The van der Waals surface area contributed by atoms with Crippen LogP contribution in [0.4, 0.5) is 0 Å². The van der Waals surface area contributed by atoms with Gasteiger partial charge >= 0.3 is 5.97 Å². The van der Waals surface area contributed by atoms with Crippen molar-refractivity contribution in [3.63, 3.8) is 0 Å². The van der Waals surface area contributed by atoms with Crippen molar-refractivity contribution >= 4 is 23.5 Å². The summed E-state index contributed by atoms with van der Waals surface area (Å²) in [6.45, 7) is 2.58. The van der Waals surface area contributed by atoms with Crippen LogP contribution in [0.15, 0.2) is 48.5 Å². The number of ether oxygens (including phenoxy) is 1. The minimum absolute atomic E-state index is 0.0581. The molecule has 5 heteroatoms. The summed E-state index contributed by atoms with van der Waals surface area (Å²) >= 11 is 5.81. The van der Waals surface area contributed by atoms with Crippen LogP contribution < -0.4 is 10.1 Å². The monoisotopic (exact) mass is 357 g/mol. The number of hydrogen-bond acceptors (Lipinski definition) is 3. The van der Waals surface area contributed by atoms with Gasteiger partial charge in [0, 0.05) is 17.1 Å². The Labute approximate surface area is 152 Å². The lowest BCUT2D eigenvalue weighted by atomic mass is 10.1. The van der Waals surface area contributed by atoms with Gasteiger partial charge in [0.15, 0.2) is 0 Å². The molecule has 1 fully saturated rings. The van der Waals surface area contributed by atoms with Crippen LogP contribution in [0, 0.1) is 11.8 Å². The average Bonchev–Trinajstić information content (AvgIpc) is 3.34. The van der Waals surface area contributed by atoms with Crippen LogP contribution in [0.25, 0.3) is 0 Å². The van der Waals surface area contributed by atoms with Gasteiger partial charge < -0.3 is 10.1 Å². The van der Waals surface area contributed by atoms with Crippen molar-refractivity contribution in [3.8, 4) is 5.75 Å². The van der Waals surface area contributed by atoms with E-state index >= 15 is 0 Å². The molecular formula is C20H20ClNO3. The number of benzene rings is 2. The van der Waals surface area contributed by atoms with Crippen molar-refractivity contribution in [2.75, 3.05) is 6.54 Å². The molecule has 0 spiro atoms. The molecule has 0 radical (unpaired) electrons. The van der Waals surface area contributed by atoms with Crippen LogP contribution in [-0.4, -0.2) is 18.4 Å². The highest BCUT2D eigenvalue weighted by atomic mass is 35.5. The Hall–Kier alpha value is -2.33. The molecule has 0 aromatic heterocycles. The quantitative estimate of drug-likeness (QED) is 0.630. The first-order valence-electron chi connectivity index (χ1n) is 8.37. The molecule has 0 saturated heterocycles. The fourth-order valence-corrected chi connectivity index (χ4v) is 2.72. The van der Waals surface area contributed by atoms with Crippen molar-refractivity contribution in [2.45, 2.75) is 19.8 Å². The molecule has 0 aliphatic heterocycles. The number of amides is 1. The Morgan fingerprint density at radius 2 is 1.76 bits per heavy atom. The highest BCUT2D eigenvalue weighted by Crippen LogP contribution is 2.38. The van der Waals surface area contributed by atoms with Gasteiger partial charge in [0.1, 0.15) is 5.75 Å². The van der Waals surface area contributed by atoms with Crippen molar-refractivity contribution in [2.24, 2.45) is 11.8 Å². The Kier molecular flexibility index (Phi) is 5.39. The summed E-state index contributed by atoms with van der Waals surface area (Å²) in [5, 5.41) is 3.48. The van der Waals surface area contributed by atoms with E-state index in [1.807, 2.05) is 19.1 Å². The predicted molar refractivity (Wildman–Crippen MR) is 96.8 cm³/mol. The van der Waals surface area contributed by atoms with Gasteiger partial charge in [-0.05, 0) is 60.7 Å². The van der Waals surface area contributed by atoms with Crippen LogP contribution in [0.1, 0.15) is 29.3 Å². The first-order chi connectivity index (χ1) is 12.0. The Morgan fingerprint density at radius 3 is 2.36 bits per heavy atom. The number of carbonyl (C=O) groups excluding carboxylic acids is 2. The molecule has 3 rings (SSSR count). The lowest BCUT2D eigenvalue weighted by molar-refractivity contribution is -0.136. The van der Waals surface area contributed by atoms with E-state index in [0.29, 0.717) is 35.2 Å². The van der Waals surface area contributed by atoms with E-state index in [1.54, 1.807) is 36.4 Å². The maximum atomic E-state index is 12.0. The minimum atomic E-state index is -0.143. The van der Waals surface area contributed by atoms with E-state index in [9.17, 15) is 9.59 Å². The molecule has 2 aromatic carbocycles. The van der Waals surface area contributed by atoms with Crippen molar-refractivity contribution in [1.82, 2.24) is 5.32 Å². The van der Waals surface area contributed by atoms with Crippen molar-refractivity contribution in [1.29, 1.82) is 0 Å². The number of rotatable bonds is 6. The maximum absolute atomic E-state index is 12.0. The molecule has 4 nitrogen and oxygen atoms in total. The molecule has 0 unspecified atom stereocenters. The smallest absolute Gasteiger partial charge is 0.314 e. The summed E-state index contributed by atoms with van der Waals surface area (Å²) in [6, 6.07) is 14.2. The summed E-state index contributed by atoms with van der Waals surface area (Å²) in [6.07, 6.45) is 1.62. The highest BCUT2D eigenvalue weighted by Gasteiger charge is 2.40. The molecule has 1 aliphatic carbocycles. The van der Waals surface area contributed by atoms with Gasteiger partial charge in [-0.3, -0.25) is 9.59 Å². The van der Waals surface area contributed by atoms with E-state index in [1.165, 1.54) is 0 Å². The molecule has 1 aliphatic rings. The van der Waals surface area contributed by atoms with E-state index in [2.05, 4.69) is 5.32 Å². The van der Waals surface area contributed by atoms with Crippen molar-refractivity contribution in [3.05, 3.63) is 64.7 Å². The molecule has 1 saturated carbocycles. The fourth-order valence-electron chi connectivity index (χ4n) is 2.59. The minimum Gasteiger partial charge on any atom is -0.426 e. The Balaban J connectivity index is 1.44. The molecular weight excluding hydrogens is 338 g/mol. The third-order valence-corrected chi connectivity index (χ3v) is 4.61. The topological polar surface area (TPSA) is 55.4 Å². The average molecular weight is 358 g/mol.